The van der Waals surface area contributed by atoms with Gasteiger partial charge in [-0.2, -0.15) is 0 Å². The molecular formula is C14H13. The van der Waals surface area contributed by atoms with E-state index >= 15 is 0 Å². The first-order valence-electron chi connectivity index (χ1n) is 4.81. The molecule has 0 aliphatic rings. The van der Waals surface area contributed by atoms with Gasteiger partial charge in [-0.05, 0) is 36.6 Å². The summed E-state index contributed by atoms with van der Waals surface area (Å²) in [6, 6.07) is 17.7. The lowest BCUT2D eigenvalue weighted by atomic mass is 9.99. The van der Waals surface area contributed by atoms with Gasteiger partial charge in [-0.3, -0.25) is 0 Å². The van der Waals surface area contributed by atoms with Crippen molar-refractivity contribution in [3.8, 4) is 11.1 Å². The molecule has 0 atom stereocenters. The highest BCUT2D eigenvalue weighted by molar-refractivity contribution is 5.67. The first-order valence-corrected chi connectivity index (χ1v) is 4.81. The normalized spacial score (nSPS) is 10.1. The minimum atomic E-state index is 1.27. The van der Waals surface area contributed by atoms with Crippen LogP contribution < -0.4 is 0 Å². The molecule has 2 aromatic rings. The number of aryl methyl sites for hydroxylation is 2. The van der Waals surface area contributed by atoms with Crippen LogP contribution in [0.2, 0.25) is 0 Å². The lowest BCUT2D eigenvalue weighted by Gasteiger charge is -2.06. The molecule has 0 aromatic heterocycles. The predicted octanol–water partition coefficient (Wildman–Crippen LogP) is 3.77. The van der Waals surface area contributed by atoms with E-state index < -0.39 is 0 Å². The van der Waals surface area contributed by atoms with E-state index in [0.29, 0.717) is 0 Å². The summed E-state index contributed by atoms with van der Waals surface area (Å²) < 4.78 is 0. The molecule has 2 rings (SSSR count). The van der Waals surface area contributed by atoms with E-state index in [-0.39, 0.29) is 0 Å². The molecule has 0 nitrogen and oxygen atoms in total. The number of hydrogen-bond donors (Lipinski definition) is 0. The Morgan fingerprint density at radius 1 is 0.929 bits per heavy atom. The van der Waals surface area contributed by atoms with E-state index in [1.165, 1.54) is 22.3 Å². The molecule has 69 valence electrons. The first-order chi connectivity index (χ1) is 6.77. The van der Waals surface area contributed by atoms with E-state index in [1.54, 1.807) is 0 Å². The SMILES string of the molecule is Cc1ccc(C)c(-c2cc[c]cc2)c1. The van der Waals surface area contributed by atoms with Crippen molar-refractivity contribution in [2.45, 2.75) is 13.8 Å². The Bertz CT molecular complexity index is 427. The maximum absolute atomic E-state index is 3.04. The van der Waals surface area contributed by atoms with Crippen molar-refractivity contribution in [2.24, 2.45) is 0 Å². The van der Waals surface area contributed by atoms with Crippen LogP contribution >= 0.6 is 0 Å². The van der Waals surface area contributed by atoms with Gasteiger partial charge in [-0.15, -0.1) is 0 Å². The number of hydrogen-bond acceptors (Lipinski definition) is 0. The minimum Gasteiger partial charge on any atom is -0.0590 e. The molecule has 0 heteroatoms. The summed E-state index contributed by atoms with van der Waals surface area (Å²) in [4.78, 5) is 0. The second-order valence-electron chi connectivity index (χ2n) is 3.61. The van der Waals surface area contributed by atoms with Crippen molar-refractivity contribution in [2.75, 3.05) is 0 Å². The third-order valence-electron chi connectivity index (χ3n) is 2.42. The Morgan fingerprint density at radius 2 is 1.64 bits per heavy atom. The molecule has 0 bridgehead atoms. The van der Waals surface area contributed by atoms with Crippen molar-refractivity contribution < 1.29 is 0 Å². The summed E-state index contributed by atoms with van der Waals surface area (Å²) in [5.41, 5.74) is 5.21. The van der Waals surface area contributed by atoms with Gasteiger partial charge >= 0.3 is 0 Å². The fraction of sp³-hybridized carbons (Fsp3) is 0.143. The highest BCUT2D eigenvalue weighted by Gasteiger charge is 2.00. The zero-order chi connectivity index (χ0) is 9.97. The molecule has 0 fully saturated rings. The van der Waals surface area contributed by atoms with Gasteiger partial charge in [0, 0.05) is 0 Å². The molecule has 0 N–H and O–H groups in total. The maximum Gasteiger partial charge on any atom is -0.0152 e. The van der Waals surface area contributed by atoms with Crippen LogP contribution in [0.15, 0.2) is 42.5 Å². The average Bonchev–Trinajstić information content (AvgIpc) is 2.23. The van der Waals surface area contributed by atoms with Crippen LogP contribution in [-0.2, 0) is 0 Å². The van der Waals surface area contributed by atoms with E-state index in [4.69, 9.17) is 0 Å². The van der Waals surface area contributed by atoms with Gasteiger partial charge in [0.25, 0.3) is 0 Å². The molecule has 0 aliphatic heterocycles. The van der Waals surface area contributed by atoms with Gasteiger partial charge in [0.15, 0.2) is 0 Å². The molecule has 0 aliphatic carbocycles. The van der Waals surface area contributed by atoms with E-state index in [0.717, 1.165) is 0 Å². The van der Waals surface area contributed by atoms with Crippen LogP contribution in [0.1, 0.15) is 11.1 Å². The van der Waals surface area contributed by atoms with Crippen molar-refractivity contribution in [3.63, 3.8) is 0 Å². The summed E-state index contributed by atoms with van der Waals surface area (Å²) in [5, 5.41) is 0. The van der Waals surface area contributed by atoms with Crippen LogP contribution in [0.5, 0.6) is 0 Å². The third kappa shape index (κ3) is 1.69. The van der Waals surface area contributed by atoms with Gasteiger partial charge < -0.3 is 0 Å². The van der Waals surface area contributed by atoms with Gasteiger partial charge in [0.1, 0.15) is 0 Å². The second kappa shape index (κ2) is 3.67. The van der Waals surface area contributed by atoms with Crippen LogP contribution in [-0.4, -0.2) is 0 Å². The van der Waals surface area contributed by atoms with E-state index in [1.807, 2.05) is 12.1 Å². The molecule has 0 heterocycles. The van der Waals surface area contributed by atoms with E-state index in [9.17, 15) is 0 Å². The Labute approximate surface area is 85.2 Å². The fourth-order valence-corrected chi connectivity index (χ4v) is 1.61. The molecule has 0 amide bonds. The van der Waals surface area contributed by atoms with Gasteiger partial charge in [0.05, 0.1) is 0 Å². The zero-order valence-corrected chi connectivity index (χ0v) is 8.54. The second-order valence-corrected chi connectivity index (χ2v) is 3.61. The zero-order valence-electron chi connectivity index (χ0n) is 8.54. The average molecular weight is 181 g/mol. The van der Waals surface area contributed by atoms with Crippen molar-refractivity contribution in [3.05, 3.63) is 59.7 Å². The van der Waals surface area contributed by atoms with Gasteiger partial charge in [-0.1, -0.05) is 48.0 Å². The quantitative estimate of drug-likeness (QED) is 0.628. The molecule has 14 heavy (non-hydrogen) atoms. The standard InChI is InChI=1S/C14H13/c1-11-8-9-12(2)14(10-11)13-6-4-3-5-7-13/h4-10H,1-2H3. The molecule has 2 aromatic carbocycles. The number of benzene rings is 2. The Morgan fingerprint density at radius 3 is 2.36 bits per heavy atom. The van der Waals surface area contributed by atoms with Crippen molar-refractivity contribution >= 4 is 0 Å². The highest BCUT2D eigenvalue weighted by Crippen LogP contribution is 2.23. The number of rotatable bonds is 1. The van der Waals surface area contributed by atoms with Crippen LogP contribution in [0.25, 0.3) is 11.1 Å². The minimum absolute atomic E-state index is 1.27. The lowest BCUT2D eigenvalue weighted by molar-refractivity contribution is 1.39. The van der Waals surface area contributed by atoms with Crippen LogP contribution in [0.3, 0.4) is 0 Å². The third-order valence-corrected chi connectivity index (χ3v) is 2.42. The Balaban J connectivity index is 2.57. The Kier molecular flexibility index (Phi) is 2.36. The monoisotopic (exact) mass is 181 g/mol. The van der Waals surface area contributed by atoms with Crippen LogP contribution in [0.4, 0.5) is 0 Å². The summed E-state index contributed by atoms with van der Waals surface area (Å²) >= 11 is 0. The predicted molar refractivity (Wildman–Crippen MR) is 60.2 cm³/mol. The highest BCUT2D eigenvalue weighted by atomic mass is 14.0. The smallest absolute Gasteiger partial charge is 0.0152 e. The summed E-state index contributed by atoms with van der Waals surface area (Å²) in [6.45, 7) is 4.27. The molecule has 0 unspecified atom stereocenters. The molecule has 1 radical (unpaired) electrons. The topological polar surface area (TPSA) is 0 Å². The summed E-state index contributed by atoms with van der Waals surface area (Å²) in [7, 11) is 0. The van der Waals surface area contributed by atoms with E-state index in [2.05, 4.69) is 50.2 Å². The molecule has 0 saturated carbocycles. The first kappa shape index (κ1) is 9.01. The summed E-state index contributed by atoms with van der Waals surface area (Å²) in [6.07, 6.45) is 0. The lowest BCUT2D eigenvalue weighted by Crippen LogP contribution is -1.83. The fourth-order valence-electron chi connectivity index (χ4n) is 1.61. The summed E-state index contributed by atoms with van der Waals surface area (Å²) in [5.74, 6) is 0. The molecule has 0 saturated heterocycles. The van der Waals surface area contributed by atoms with Gasteiger partial charge in [0.2, 0.25) is 0 Å². The van der Waals surface area contributed by atoms with Crippen LogP contribution in [0, 0.1) is 19.9 Å². The molecule has 0 spiro atoms. The van der Waals surface area contributed by atoms with Crippen molar-refractivity contribution in [1.82, 2.24) is 0 Å². The van der Waals surface area contributed by atoms with Gasteiger partial charge in [-0.25, -0.2) is 0 Å². The largest absolute Gasteiger partial charge is 0.0590 e. The maximum atomic E-state index is 3.04. The van der Waals surface area contributed by atoms with Crippen molar-refractivity contribution in [1.29, 1.82) is 0 Å². The Hall–Kier alpha value is -1.56. The molecular weight excluding hydrogens is 168 g/mol.